The molecule has 0 amide bonds. The number of ketones is 1. The fourth-order valence-electron chi connectivity index (χ4n) is 3.14. The highest BCUT2D eigenvalue weighted by atomic mass is 16.6. The Kier molecular flexibility index (Phi) is 5.31. The Bertz CT molecular complexity index is 781. The number of hydrogen-bond acceptors (Lipinski definition) is 7. The molecule has 0 heterocycles. The number of benzene rings is 1. The molecule has 0 aliphatic heterocycles. The number of nitrogens with zero attached hydrogens (tertiary/aromatic N) is 1. The highest BCUT2D eigenvalue weighted by molar-refractivity contribution is 6.07. The zero-order valence-electron chi connectivity index (χ0n) is 14.0. The van der Waals surface area contributed by atoms with E-state index < -0.39 is 34.5 Å². The minimum Gasteiger partial charge on any atom is -0.468 e. The first-order valence-electron chi connectivity index (χ1n) is 7.45. The van der Waals surface area contributed by atoms with Gasteiger partial charge in [0.05, 0.1) is 19.1 Å². The molecule has 0 N–H and O–H groups in total. The monoisotopic (exact) mass is 347 g/mol. The number of methoxy groups -OCH3 is 2. The van der Waals surface area contributed by atoms with Gasteiger partial charge in [0.2, 0.25) is 0 Å². The second-order valence-electron chi connectivity index (χ2n) is 5.62. The van der Waals surface area contributed by atoms with Gasteiger partial charge in [0.15, 0.2) is 5.78 Å². The molecule has 0 saturated heterocycles. The molecule has 25 heavy (non-hydrogen) atoms. The Morgan fingerprint density at radius 1 is 1.20 bits per heavy atom. The molecule has 0 fully saturated rings. The molecule has 0 bridgehead atoms. The van der Waals surface area contributed by atoms with Crippen molar-refractivity contribution in [2.75, 3.05) is 14.2 Å². The van der Waals surface area contributed by atoms with Crippen molar-refractivity contribution in [1.82, 2.24) is 0 Å². The molecule has 2 rings (SSSR count). The molecule has 0 spiro atoms. The van der Waals surface area contributed by atoms with Crippen LogP contribution in [0.3, 0.4) is 0 Å². The van der Waals surface area contributed by atoms with E-state index >= 15 is 0 Å². The van der Waals surface area contributed by atoms with Gasteiger partial charge in [-0.3, -0.25) is 19.7 Å². The number of esters is 2. The van der Waals surface area contributed by atoms with E-state index in [1.54, 1.807) is 13.0 Å². The van der Waals surface area contributed by atoms with Gasteiger partial charge in [-0.25, -0.2) is 4.79 Å². The molecule has 0 aromatic heterocycles. The zero-order valence-corrected chi connectivity index (χ0v) is 14.0. The number of ether oxygens (including phenoxy) is 2. The van der Waals surface area contributed by atoms with Gasteiger partial charge in [-0.2, -0.15) is 0 Å². The van der Waals surface area contributed by atoms with Gasteiger partial charge >= 0.3 is 11.9 Å². The predicted octanol–water partition coefficient (Wildman–Crippen LogP) is 1.93. The SMILES string of the molecule is COC(=O)C1=C(C)CC(=O)C(C(=O)OC)C1c1ccccc1[N+](=O)[O-]. The summed E-state index contributed by atoms with van der Waals surface area (Å²) in [5.74, 6) is -4.52. The first-order chi connectivity index (χ1) is 11.8. The van der Waals surface area contributed by atoms with Crippen molar-refractivity contribution in [2.45, 2.75) is 19.3 Å². The molecule has 132 valence electrons. The summed E-state index contributed by atoms with van der Waals surface area (Å²) in [5.41, 5.74) is 0.299. The molecule has 1 aliphatic rings. The Morgan fingerprint density at radius 3 is 2.40 bits per heavy atom. The van der Waals surface area contributed by atoms with E-state index in [9.17, 15) is 24.5 Å². The number of carbonyl (C=O) groups excluding carboxylic acids is 3. The molecule has 2 unspecified atom stereocenters. The van der Waals surface area contributed by atoms with Crippen LogP contribution in [0.1, 0.15) is 24.8 Å². The number of allylic oxidation sites excluding steroid dienone is 1. The van der Waals surface area contributed by atoms with Gasteiger partial charge in [-0.1, -0.05) is 23.8 Å². The van der Waals surface area contributed by atoms with Crippen molar-refractivity contribution in [3.63, 3.8) is 0 Å². The van der Waals surface area contributed by atoms with Gasteiger partial charge in [-0.05, 0) is 6.92 Å². The normalized spacial score (nSPS) is 20.2. The van der Waals surface area contributed by atoms with E-state index in [0.717, 1.165) is 7.11 Å². The predicted molar refractivity (Wildman–Crippen MR) is 85.7 cm³/mol. The van der Waals surface area contributed by atoms with Crippen LogP contribution in [0.25, 0.3) is 0 Å². The van der Waals surface area contributed by atoms with Crippen LogP contribution in [-0.2, 0) is 23.9 Å². The van der Waals surface area contributed by atoms with Crippen LogP contribution >= 0.6 is 0 Å². The second-order valence-corrected chi connectivity index (χ2v) is 5.62. The minimum atomic E-state index is -1.34. The summed E-state index contributed by atoms with van der Waals surface area (Å²) in [6.07, 6.45) is -0.124. The molecule has 2 atom stereocenters. The topological polar surface area (TPSA) is 113 Å². The highest BCUT2D eigenvalue weighted by Gasteiger charge is 2.47. The van der Waals surface area contributed by atoms with Gasteiger partial charge in [0.1, 0.15) is 5.92 Å². The maximum absolute atomic E-state index is 12.5. The van der Waals surface area contributed by atoms with Crippen molar-refractivity contribution < 1.29 is 28.8 Å². The third-order valence-electron chi connectivity index (χ3n) is 4.22. The lowest BCUT2D eigenvalue weighted by Gasteiger charge is -2.31. The maximum atomic E-state index is 12.5. The van der Waals surface area contributed by atoms with Crippen LogP contribution in [-0.4, -0.2) is 36.9 Å². The summed E-state index contributed by atoms with van der Waals surface area (Å²) in [6.45, 7) is 1.57. The lowest BCUT2D eigenvalue weighted by Crippen LogP contribution is -2.38. The zero-order chi connectivity index (χ0) is 18.7. The molecule has 0 radical (unpaired) electrons. The van der Waals surface area contributed by atoms with E-state index in [0.29, 0.717) is 5.57 Å². The van der Waals surface area contributed by atoms with Crippen LogP contribution in [0.2, 0.25) is 0 Å². The van der Waals surface area contributed by atoms with Crippen LogP contribution in [0.4, 0.5) is 5.69 Å². The van der Waals surface area contributed by atoms with E-state index in [1.165, 1.54) is 25.3 Å². The van der Waals surface area contributed by atoms with Gasteiger partial charge < -0.3 is 9.47 Å². The molecule has 0 saturated carbocycles. The van der Waals surface area contributed by atoms with Crippen molar-refractivity contribution in [1.29, 1.82) is 0 Å². The number of carbonyl (C=O) groups is 3. The summed E-state index contributed by atoms with van der Waals surface area (Å²) in [6, 6.07) is 5.69. The molecule has 8 heteroatoms. The first kappa shape index (κ1) is 18.3. The quantitative estimate of drug-likeness (QED) is 0.354. The summed E-state index contributed by atoms with van der Waals surface area (Å²) >= 11 is 0. The Morgan fingerprint density at radius 2 is 1.84 bits per heavy atom. The summed E-state index contributed by atoms with van der Waals surface area (Å²) in [4.78, 5) is 47.8. The number of rotatable bonds is 4. The Hall–Kier alpha value is -3.03. The Labute approximate surface area is 143 Å². The second kappa shape index (κ2) is 7.25. The van der Waals surface area contributed by atoms with Crippen LogP contribution in [0, 0.1) is 16.0 Å². The Balaban J connectivity index is 2.78. The number of nitro groups is 1. The lowest BCUT2D eigenvalue weighted by atomic mass is 9.70. The van der Waals surface area contributed by atoms with Crippen molar-refractivity contribution >= 4 is 23.4 Å². The number of hydrogen-bond donors (Lipinski definition) is 0. The van der Waals surface area contributed by atoms with Gasteiger partial charge in [0, 0.05) is 29.5 Å². The number of para-hydroxylation sites is 1. The van der Waals surface area contributed by atoms with Gasteiger partial charge in [-0.15, -0.1) is 0 Å². The number of Topliss-reactive ketones (excluding diaryl/α,β-unsaturated/α-hetero) is 1. The van der Waals surface area contributed by atoms with Crippen molar-refractivity contribution in [3.8, 4) is 0 Å². The third-order valence-corrected chi connectivity index (χ3v) is 4.22. The smallest absolute Gasteiger partial charge is 0.334 e. The minimum absolute atomic E-state index is 0.0757. The average Bonchev–Trinajstić information content (AvgIpc) is 2.59. The largest absolute Gasteiger partial charge is 0.468 e. The molecular weight excluding hydrogens is 330 g/mol. The standard InChI is InChI=1S/C17H17NO7/c1-9-8-12(19)15(17(21)25-3)14(13(9)16(20)24-2)10-6-4-5-7-11(10)18(22)23/h4-7,14-15H,8H2,1-3H3. The summed E-state index contributed by atoms with van der Waals surface area (Å²) < 4.78 is 9.48. The van der Waals surface area contributed by atoms with Crippen LogP contribution in [0.15, 0.2) is 35.4 Å². The first-order valence-corrected chi connectivity index (χ1v) is 7.45. The molecule has 1 aromatic carbocycles. The summed E-state index contributed by atoms with van der Waals surface area (Å²) in [7, 11) is 2.29. The molecule has 8 nitrogen and oxygen atoms in total. The third kappa shape index (κ3) is 3.28. The average molecular weight is 347 g/mol. The van der Waals surface area contributed by atoms with Gasteiger partial charge in [0.25, 0.3) is 5.69 Å². The number of nitro benzene ring substituents is 1. The lowest BCUT2D eigenvalue weighted by molar-refractivity contribution is -0.385. The van der Waals surface area contributed by atoms with Crippen LogP contribution in [0.5, 0.6) is 0 Å². The molecular formula is C17H17NO7. The molecule has 1 aliphatic carbocycles. The van der Waals surface area contributed by atoms with E-state index in [-0.39, 0.29) is 23.2 Å². The fraction of sp³-hybridized carbons (Fsp3) is 0.353. The van der Waals surface area contributed by atoms with E-state index in [2.05, 4.69) is 0 Å². The van der Waals surface area contributed by atoms with E-state index in [1.807, 2.05) is 0 Å². The van der Waals surface area contributed by atoms with Crippen LogP contribution < -0.4 is 0 Å². The van der Waals surface area contributed by atoms with E-state index in [4.69, 9.17) is 9.47 Å². The molecule has 1 aromatic rings. The highest BCUT2D eigenvalue weighted by Crippen LogP contribution is 2.44. The fourth-order valence-corrected chi connectivity index (χ4v) is 3.14. The summed E-state index contributed by atoms with van der Waals surface area (Å²) in [5, 5.41) is 11.4. The van der Waals surface area contributed by atoms with Crippen molar-refractivity contribution in [2.24, 2.45) is 5.92 Å². The van der Waals surface area contributed by atoms with Crippen molar-refractivity contribution in [3.05, 3.63) is 51.1 Å². The maximum Gasteiger partial charge on any atom is 0.334 e.